The van der Waals surface area contributed by atoms with Crippen LogP contribution in [0.2, 0.25) is 0 Å². The second-order valence-electron chi connectivity index (χ2n) is 2.54. The Morgan fingerprint density at radius 1 is 1.64 bits per heavy atom. The van der Waals surface area contributed by atoms with Crippen molar-refractivity contribution in [1.82, 2.24) is 5.32 Å². The number of hydrogen-bond acceptors (Lipinski definition) is 3. The number of ether oxygens (including phenoxy) is 1. The molecule has 0 spiro atoms. The van der Waals surface area contributed by atoms with E-state index in [1.165, 1.54) is 0 Å². The van der Waals surface area contributed by atoms with E-state index in [0.29, 0.717) is 0 Å². The Bertz CT molecular complexity index is 253. The first-order valence-electron chi connectivity index (χ1n) is 3.61. The molecule has 0 aromatic heterocycles. The van der Waals surface area contributed by atoms with E-state index in [2.05, 4.69) is 5.32 Å². The molecule has 0 radical (unpaired) electrons. The molecular formula is C8H10N2O. The topological polar surface area (TPSA) is 47.3 Å². The normalized spacial score (nSPS) is 27.5. The van der Waals surface area contributed by atoms with E-state index < -0.39 is 0 Å². The molecule has 2 heterocycles. The summed E-state index contributed by atoms with van der Waals surface area (Å²) < 4.78 is 5.21. The van der Waals surface area contributed by atoms with Crippen molar-refractivity contribution < 1.29 is 4.74 Å². The summed E-state index contributed by atoms with van der Waals surface area (Å²) in [6.07, 6.45) is 7.48. The Morgan fingerprint density at radius 3 is 3.36 bits per heavy atom. The fraction of sp³-hybridized carbons (Fsp3) is 0.250. The summed E-state index contributed by atoms with van der Waals surface area (Å²) in [5.41, 5.74) is 6.80. The van der Waals surface area contributed by atoms with Crippen LogP contribution in [0.15, 0.2) is 35.9 Å². The zero-order chi connectivity index (χ0) is 7.68. The summed E-state index contributed by atoms with van der Waals surface area (Å²) in [5, 5.41) is 3.09. The third-order valence-electron chi connectivity index (χ3n) is 1.77. The van der Waals surface area contributed by atoms with Crippen LogP contribution in [0.5, 0.6) is 0 Å². The molecule has 0 bridgehead atoms. The van der Waals surface area contributed by atoms with Crippen molar-refractivity contribution in [3.05, 3.63) is 35.9 Å². The van der Waals surface area contributed by atoms with E-state index in [1.807, 2.05) is 18.2 Å². The lowest BCUT2D eigenvalue weighted by Crippen LogP contribution is -2.30. The molecule has 3 heteroatoms. The van der Waals surface area contributed by atoms with Crippen molar-refractivity contribution >= 4 is 0 Å². The van der Waals surface area contributed by atoms with E-state index >= 15 is 0 Å². The van der Waals surface area contributed by atoms with Crippen molar-refractivity contribution in [2.45, 2.75) is 6.04 Å². The molecule has 1 atom stereocenters. The van der Waals surface area contributed by atoms with Gasteiger partial charge in [-0.05, 0) is 6.08 Å². The summed E-state index contributed by atoms with van der Waals surface area (Å²) in [6.45, 7) is 0.819. The minimum absolute atomic E-state index is 0.0252. The van der Waals surface area contributed by atoms with Crippen molar-refractivity contribution in [3.8, 4) is 0 Å². The first-order valence-corrected chi connectivity index (χ1v) is 3.61. The number of dihydropyridines is 1. The van der Waals surface area contributed by atoms with Gasteiger partial charge in [-0.2, -0.15) is 0 Å². The van der Waals surface area contributed by atoms with E-state index in [9.17, 15) is 0 Å². The molecule has 0 aromatic rings. The van der Waals surface area contributed by atoms with Crippen LogP contribution in [0.3, 0.4) is 0 Å². The van der Waals surface area contributed by atoms with Crippen molar-refractivity contribution in [2.24, 2.45) is 5.73 Å². The number of nitrogens with one attached hydrogen (secondary N) is 1. The molecule has 3 nitrogen and oxygen atoms in total. The van der Waals surface area contributed by atoms with E-state index in [0.717, 1.165) is 18.0 Å². The third kappa shape index (κ3) is 1.03. The molecule has 11 heavy (non-hydrogen) atoms. The molecule has 0 saturated carbocycles. The van der Waals surface area contributed by atoms with Gasteiger partial charge in [0.25, 0.3) is 0 Å². The zero-order valence-corrected chi connectivity index (χ0v) is 6.08. The predicted molar refractivity (Wildman–Crippen MR) is 42.4 cm³/mol. The molecule has 3 N–H and O–H groups in total. The fourth-order valence-corrected chi connectivity index (χ4v) is 1.18. The highest BCUT2D eigenvalue weighted by atomic mass is 16.5. The van der Waals surface area contributed by atoms with Crippen LogP contribution in [0.1, 0.15) is 0 Å². The molecule has 0 aromatic carbocycles. The van der Waals surface area contributed by atoms with Crippen LogP contribution >= 0.6 is 0 Å². The second-order valence-corrected chi connectivity index (χ2v) is 2.54. The lowest BCUT2D eigenvalue weighted by atomic mass is 10.1. The molecule has 58 valence electrons. The maximum atomic E-state index is 5.77. The van der Waals surface area contributed by atoms with E-state index in [4.69, 9.17) is 10.5 Å². The van der Waals surface area contributed by atoms with Gasteiger partial charge in [-0.15, -0.1) is 0 Å². The van der Waals surface area contributed by atoms with Gasteiger partial charge in [0.2, 0.25) is 0 Å². The van der Waals surface area contributed by atoms with Gasteiger partial charge in [0.15, 0.2) is 5.88 Å². The van der Waals surface area contributed by atoms with Crippen LogP contribution in [0.25, 0.3) is 0 Å². The Labute approximate surface area is 65.2 Å². The van der Waals surface area contributed by atoms with Crippen LogP contribution < -0.4 is 11.1 Å². The average molecular weight is 150 g/mol. The lowest BCUT2D eigenvalue weighted by Gasteiger charge is -2.22. The van der Waals surface area contributed by atoms with Gasteiger partial charge in [-0.3, -0.25) is 0 Å². The molecule has 2 aliphatic rings. The molecule has 0 fully saturated rings. The number of rotatable bonds is 0. The van der Waals surface area contributed by atoms with E-state index in [-0.39, 0.29) is 6.04 Å². The van der Waals surface area contributed by atoms with Gasteiger partial charge in [-0.1, -0.05) is 12.2 Å². The van der Waals surface area contributed by atoms with Crippen LogP contribution in [-0.4, -0.2) is 12.6 Å². The summed E-state index contributed by atoms with van der Waals surface area (Å²) in [4.78, 5) is 0. The minimum atomic E-state index is -0.0252. The van der Waals surface area contributed by atoms with Gasteiger partial charge >= 0.3 is 0 Å². The summed E-state index contributed by atoms with van der Waals surface area (Å²) in [5.74, 6) is 0.794. The Hall–Kier alpha value is -1.22. The summed E-state index contributed by atoms with van der Waals surface area (Å²) in [7, 11) is 0. The molecule has 2 rings (SSSR count). The molecule has 2 aliphatic heterocycles. The van der Waals surface area contributed by atoms with Crippen molar-refractivity contribution in [2.75, 3.05) is 6.54 Å². The van der Waals surface area contributed by atoms with Crippen molar-refractivity contribution in [1.29, 1.82) is 0 Å². The average Bonchev–Trinajstić information content (AvgIpc) is 2.06. The third-order valence-corrected chi connectivity index (χ3v) is 1.77. The van der Waals surface area contributed by atoms with E-state index in [1.54, 1.807) is 6.26 Å². The SMILES string of the molecule is NC1C=COC2=C1C=CCN2. The second kappa shape index (κ2) is 2.43. The largest absolute Gasteiger partial charge is 0.449 e. The first-order chi connectivity index (χ1) is 5.38. The highest BCUT2D eigenvalue weighted by Gasteiger charge is 2.16. The molecule has 0 saturated heterocycles. The quantitative estimate of drug-likeness (QED) is 0.519. The van der Waals surface area contributed by atoms with Crippen LogP contribution in [-0.2, 0) is 4.74 Å². The van der Waals surface area contributed by atoms with Gasteiger partial charge in [0, 0.05) is 12.1 Å². The lowest BCUT2D eigenvalue weighted by molar-refractivity contribution is 0.300. The molecule has 1 unspecified atom stereocenters. The Kier molecular flexibility index (Phi) is 1.43. The van der Waals surface area contributed by atoms with Crippen LogP contribution in [0, 0.1) is 0 Å². The first kappa shape index (κ1) is 6.49. The highest BCUT2D eigenvalue weighted by Crippen LogP contribution is 2.17. The standard InChI is InChI=1S/C8H10N2O/c9-7-3-5-11-8-6(7)2-1-4-10-8/h1-3,5,7,10H,4,9H2. The molecular weight excluding hydrogens is 140 g/mol. The number of nitrogens with two attached hydrogens (primary N) is 1. The summed E-state index contributed by atoms with van der Waals surface area (Å²) in [6, 6.07) is -0.0252. The Balaban J connectivity index is 2.31. The van der Waals surface area contributed by atoms with Crippen molar-refractivity contribution in [3.63, 3.8) is 0 Å². The van der Waals surface area contributed by atoms with Gasteiger partial charge in [0.05, 0.1) is 12.3 Å². The highest BCUT2D eigenvalue weighted by molar-refractivity contribution is 5.35. The summed E-state index contributed by atoms with van der Waals surface area (Å²) >= 11 is 0. The zero-order valence-electron chi connectivity index (χ0n) is 6.08. The van der Waals surface area contributed by atoms with Gasteiger partial charge in [-0.25, -0.2) is 0 Å². The Morgan fingerprint density at radius 2 is 2.55 bits per heavy atom. The predicted octanol–water partition coefficient (Wildman–Crippen LogP) is 0.229. The maximum Gasteiger partial charge on any atom is 0.197 e. The maximum absolute atomic E-state index is 5.77. The van der Waals surface area contributed by atoms with Gasteiger partial charge < -0.3 is 15.8 Å². The fourth-order valence-electron chi connectivity index (χ4n) is 1.18. The molecule has 0 aliphatic carbocycles. The van der Waals surface area contributed by atoms with Gasteiger partial charge in [0.1, 0.15) is 0 Å². The number of hydrogen-bond donors (Lipinski definition) is 2. The minimum Gasteiger partial charge on any atom is -0.449 e. The monoisotopic (exact) mass is 150 g/mol. The molecule has 0 amide bonds. The smallest absolute Gasteiger partial charge is 0.197 e. The van der Waals surface area contributed by atoms with Crippen LogP contribution in [0.4, 0.5) is 0 Å².